The first-order valence-corrected chi connectivity index (χ1v) is 18.7. The SMILES string of the molecule is Cc1c(Cl)cccc1OCCOC(=O)N1C[C@@H]2C[C@@H]2c2c(-c3cnn(Cc4cc(C(=O)NC(CNS(C)(=O)=O)C(=O)O)ccc4Cl)c3)cccc21. The first-order chi connectivity index (χ1) is 24.3. The third kappa shape index (κ3) is 8.47. The fraction of sp³-hybridized carbons (Fsp3) is 0.314. The lowest BCUT2D eigenvalue weighted by Crippen LogP contribution is -2.48. The fourth-order valence-corrected chi connectivity index (χ4v) is 6.93. The number of nitrogens with one attached hydrogen (secondary N) is 2. The summed E-state index contributed by atoms with van der Waals surface area (Å²) < 4.78 is 38.0. The van der Waals surface area contributed by atoms with Crippen molar-refractivity contribution in [2.75, 3.05) is 37.5 Å². The van der Waals surface area contributed by atoms with Crippen LogP contribution in [-0.2, 0) is 26.1 Å². The highest BCUT2D eigenvalue weighted by Crippen LogP contribution is 2.57. The zero-order chi connectivity index (χ0) is 36.4. The highest BCUT2D eigenvalue weighted by molar-refractivity contribution is 7.88. The van der Waals surface area contributed by atoms with Crippen LogP contribution in [0.3, 0.4) is 0 Å². The number of carbonyl (C=O) groups is 3. The summed E-state index contributed by atoms with van der Waals surface area (Å²) in [6.07, 6.45) is 5.00. The number of sulfonamides is 1. The Kier molecular flexibility index (Phi) is 10.6. The number of hydrogen-bond donors (Lipinski definition) is 3. The van der Waals surface area contributed by atoms with Crippen LogP contribution in [0.15, 0.2) is 67.0 Å². The zero-order valence-electron chi connectivity index (χ0n) is 27.6. The molecule has 51 heavy (non-hydrogen) atoms. The molecule has 1 saturated carbocycles. The molecule has 1 aliphatic heterocycles. The molecule has 6 rings (SSSR count). The van der Waals surface area contributed by atoms with Crippen molar-refractivity contribution in [1.82, 2.24) is 19.8 Å². The van der Waals surface area contributed by atoms with Gasteiger partial charge in [0.05, 0.1) is 24.7 Å². The highest BCUT2D eigenvalue weighted by atomic mass is 35.5. The summed E-state index contributed by atoms with van der Waals surface area (Å²) in [6, 6.07) is 14.2. The van der Waals surface area contributed by atoms with Gasteiger partial charge in [0.2, 0.25) is 10.0 Å². The third-order valence-electron chi connectivity index (χ3n) is 8.83. The summed E-state index contributed by atoms with van der Waals surface area (Å²) >= 11 is 12.7. The van der Waals surface area contributed by atoms with E-state index in [1.807, 2.05) is 37.4 Å². The number of carbonyl (C=O) groups excluding carboxylic acids is 2. The maximum absolute atomic E-state index is 13.3. The van der Waals surface area contributed by atoms with Crippen molar-refractivity contribution in [1.29, 1.82) is 0 Å². The second-order valence-corrected chi connectivity index (χ2v) is 15.1. The number of hydrogen-bond acceptors (Lipinski definition) is 8. The van der Waals surface area contributed by atoms with Crippen molar-refractivity contribution in [2.24, 2.45) is 5.92 Å². The highest BCUT2D eigenvalue weighted by Gasteiger charge is 2.48. The number of aromatic nitrogens is 2. The Morgan fingerprint density at radius 1 is 1.08 bits per heavy atom. The average molecular weight is 757 g/mol. The quantitative estimate of drug-likeness (QED) is 0.158. The molecule has 1 fully saturated rings. The van der Waals surface area contributed by atoms with Gasteiger partial charge in [-0.2, -0.15) is 5.10 Å². The van der Waals surface area contributed by atoms with Crippen LogP contribution < -0.4 is 19.7 Å². The standard InChI is InChI=1S/C35H35Cl2N5O8S/c1-20-27(36)6-4-8-31(20)49-11-12-50-35(46)42-19-22-14-26(22)32-25(5-3-7-30(32)42)24-15-38-41(18-24)17-23-13-21(9-10-28(23)37)33(43)40-29(34(44)45)16-39-51(2,47)48/h3-10,13,15,18,22,26,29,39H,11-12,14,16-17,19H2,1-2H3,(H,40,43)(H,44,45)/t22-,26-,29?/m0/s1. The number of carboxylic acids is 1. The number of fused-ring (bicyclic) bond motifs is 3. The van der Waals surface area contributed by atoms with Gasteiger partial charge in [0.1, 0.15) is 25.0 Å². The van der Waals surface area contributed by atoms with Crippen LogP contribution in [0.4, 0.5) is 10.5 Å². The summed E-state index contributed by atoms with van der Waals surface area (Å²) in [5, 5.41) is 17.3. The molecule has 1 unspecified atom stereocenters. The van der Waals surface area contributed by atoms with E-state index < -0.39 is 40.6 Å². The minimum Gasteiger partial charge on any atom is -0.490 e. The Balaban J connectivity index is 1.14. The number of ether oxygens (including phenoxy) is 2. The van der Waals surface area contributed by atoms with E-state index in [1.54, 1.807) is 27.9 Å². The predicted molar refractivity (Wildman–Crippen MR) is 191 cm³/mol. The van der Waals surface area contributed by atoms with E-state index in [-0.39, 0.29) is 25.3 Å². The Morgan fingerprint density at radius 3 is 2.63 bits per heavy atom. The summed E-state index contributed by atoms with van der Waals surface area (Å²) in [5.41, 5.74) is 5.16. The molecule has 3 N–H and O–H groups in total. The summed E-state index contributed by atoms with van der Waals surface area (Å²) in [5.74, 6) is -0.836. The molecule has 13 nitrogen and oxygen atoms in total. The Hall–Kier alpha value is -4.63. The lowest BCUT2D eigenvalue weighted by atomic mass is 9.93. The molecule has 16 heteroatoms. The molecule has 0 saturated heterocycles. The second kappa shape index (κ2) is 14.9. The molecule has 4 aromatic rings. The lowest BCUT2D eigenvalue weighted by molar-refractivity contribution is -0.139. The number of amides is 2. The maximum Gasteiger partial charge on any atom is 0.414 e. The number of rotatable bonds is 13. The Labute approximate surface area is 304 Å². The molecule has 3 atom stereocenters. The first kappa shape index (κ1) is 36.2. The first-order valence-electron chi connectivity index (χ1n) is 16.0. The van der Waals surface area contributed by atoms with Crippen LogP contribution in [0.2, 0.25) is 10.0 Å². The average Bonchev–Trinajstić information content (AvgIpc) is 3.74. The molecule has 3 aromatic carbocycles. The maximum atomic E-state index is 13.3. The fourth-order valence-electron chi connectivity index (χ4n) is 6.12. The topological polar surface area (TPSA) is 169 Å². The molecule has 2 aliphatic rings. The van der Waals surface area contributed by atoms with E-state index >= 15 is 0 Å². The van der Waals surface area contributed by atoms with E-state index in [4.69, 9.17) is 32.7 Å². The molecule has 0 spiro atoms. The van der Waals surface area contributed by atoms with Crippen LogP contribution in [0, 0.1) is 12.8 Å². The minimum absolute atomic E-state index is 0.0725. The molecule has 0 bridgehead atoms. The molecule has 0 radical (unpaired) electrons. The van der Waals surface area contributed by atoms with Crippen molar-refractivity contribution in [3.63, 3.8) is 0 Å². The predicted octanol–water partition coefficient (Wildman–Crippen LogP) is 5.08. The van der Waals surface area contributed by atoms with E-state index in [0.717, 1.165) is 40.6 Å². The van der Waals surface area contributed by atoms with Crippen LogP contribution in [0.5, 0.6) is 5.75 Å². The van der Waals surface area contributed by atoms with Gasteiger partial charge < -0.3 is 19.9 Å². The summed E-state index contributed by atoms with van der Waals surface area (Å²) in [4.78, 5) is 39.5. The van der Waals surface area contributed by atoms with Crippen molar-refractivity contribution in [2.45, 2.75) is 31.8 Å². The zero-order valence-corrected chi connectivity index (χ0v) is 30.0. The van der Waals surface area contributed by atoms with Gasteiger partial charge in [-0.3, -0.25) is 14.4 Å². The lowest BCUT2D eigenvalue weighted by Gasteiger charge is -2.29. The minimum atomic E-state index is -3.67. The summed E-state index contributed by atoms with van der Waals surface area (Å²) in [6.45, 7) is 2.37. The van der Waals surface area contributed by atoms with E-state index in [2.05, 4.69) is 15.1 Å². The van der Waals surface area contributed by atoms with Gasteiger partial charge in [0.15, 0.2) is 0 Å². The normalized spacial score (nSPS) is 16.8. The monoisotopic (exact) mass is 755 g/mol. The van der Waals surface area contributed by atoms with Crippen LogP contribution >= 0.6 is 23.2 Å². The van der Waals surface area contributed by atoms with E-state index in [0.29, 0.717) is 39.7 Å². The van der Waals surface area contributed by atoms with Gasteiger partial charge in [-0.1, -0.05) is 41.4 Å². The number of aliphatic carboxylic acids is 1. The summed E-state index contributed by atoms with van der Waals surface area (Å²) in [7, 11) is -3.67. The number of halogens is 2. The number of anilines is 1. The van der Waals surface area contributed by atoms with Gasteiger partial charge in [0, 0.05) is 46.0 Å². The van der Waals surface area contributed by atoms with Gasteiger partial charge >= 0.3 is 12.1 Å². The van der Waals surface area contributed by atoms with Gasteiger partial charge in [-0.05, 0) is 78.3 Å². The van der Waals surface area contributed by atoms with Gasteiger partial charge in [-0.25, -0.2) is 22.7 Å². The Morgan fingerprint density at radius 2 is 1.86 bits per heavy atom. The molecule has 2 heterocycles. The van der Waals surface area contributed by atoms with Crippen molar-refractivity contribution >= 4 is 56.9 Å². The van der Waals surface area contributed by atoms with Gasteiger partial charge in [0.25, 0.3) is 5.91 Å². The third-order valence-corrected chi connectivity index (χ3v) is 10.3. The number of nitrogens with zero attached hydrogens (tertiary/aromatic N) is 3. The molecular weight excluding hydrogens is 721 g/mol. The van der Waals surface area contributed by atoms with Crippen molar-refractivity contribution in [3.8, 4) is 16.9 Å². The molecular formula is C35H35Cl2N5O8S. The molecule has 2 amide bonds. The molecule has 1 aromatic heterocycles. The largest absolute Gasteiger partial charge is 0.490 e. The Bertz CT molecular complexity index is 2110. The molecule has 268 valence electrons. The number of carboxylic acid groups (broad SMARTS) is 1. The molecule has 1 aliphatic carbocycles. The van der Waals surface area contributed by atoms with E-state index in [1.165, 1.54) is 18.2 Å². The van der Waals surface area contributed by atoms with Gasteiger partial charge in [-0.15, -0.1) is 0 Å². The van der Waals surface area contributed by atoms with Crippen LogP contribution in [-0.4, -0.2) is 79.9 Å². The number of benzene rings is 3. The van der Waals surface area contributed by atoms with Crippen LogP contribution in [0.1, 0.15) is 39.4 Å². The smallest absolute Gasteiger partial charge is 0.414 e. The van der Waals surface area contributed by atoms with Crippen molar-refractivity contribution < 1.29 is 37.4 Å². The second-order valence-electron chi connectivity index (χ2n) is 12.5. The van der Waals surface area contributed by atoms with E-state index in [9.17, 15) is 27.9 Å². The van der Waals surface area contributed by atoms with Crippen molar-refractivity contribution in [3.05, 3.63) is 99.3 Å². The van der Waals surface area contributed by atoms with Crippen LogP contribution in [0.25, 0.3) is 11.1 Å².